The van der Waals surface area contributed by atoms with Crippen molar-refractivity contribution < 1.29 is 10.0 Å². The molecule has 0 unspecified atom stereocenters. The largest absolute Gasteiger partial charge is 0.389 e. The Labute approximate surface area is 110 Å². The van der Waals surface area contributed by atoms with Crippen molar-refractivity contribution in [3.8, 4) is 0 Å². The highest BCUT2D eigenvalue weighted by Crippen LogP contribution is 2.21. The molecule has 0 aliphatic heterocycles. The van der Waals surface area contributed by atoms with Crippen LogP contribution in [0.2, 0.25) is 0 Å². The average Bonchev–Trinajstić information content (AvgIpc) is 2.34. The van der Waals surface area contributed by atoms with Crippen molar-refractivity contribution in [3.05, 3.63) is 40.4 Å². The summed E-state index contributed by atoms with van der Waals surface area (Å²) in [5.74, 6) is 0.628. The molecule has 0 bridgehead atoms. The van der Waals surface area contributed by atoms with Crippen LogP contribution in [0, 0.1) is 10.1 Å². The maximum atomic E-state index is 10.7. The van der Waals surface area contributed by atoms with E-state index in [4.69, 9.17) is 0 Å². The Balaban J connectivity index is 2.26. The maximum absolute atomic E-state index is 10.7. The lowest BCUT2D eigenvalue weighted by molar-refractivity contribution is -0.384. The molecule has 0 aliphatic rings. The van der Waals surface area contributed by atoms with E-state index in [-0.39, 0.29) is 5.69 Å². The van der Waals surface area contributed by atoms with Crippen molar-refractivity contribution in [1.82, 2.24) is 4.98 Å². The highest BCUT2D eigenvalue weighted by Gasteiger charge is 2.12. The average molecular weight is 261 g/mol. The minimum Gasteiger partial charge on any atom is -0.389 e. The normalized spacial score (nSPS) is 11.5. The number of nitrogens with zero attached hydrogens (tertiary/aromatic N) is 2. The molecule has 0 saturated carbocycles. The zero-order valence-corrected chi connectivity index (χ0v) is 10.8. The first-order valence-electron chi connectivity index (χ1n) is 5.87. The number of nitro groups is 1. The van der Waals surface area contributed by atoms with Crippen LogP contribution in [0.1, 0.15) is 13.8 Å². The first kappa shape index (κ1) is 13.2. The lowest BCUT2D eigenvalue weighted by Crippen LogP contribution is -2.29. The van der Waals surface area contributed by atoms with Gasteiger partial charge in [0.2, 0.25) is 0 Å². The number of fused-ring (bicyclic) bond motifs is 1. The van der Waals surface area contributed by atoms with E-state index in [1.165, 1.54) is 12.1 Å². The number of benzene rings is 1. The van der Waals surface area contributed by atoms with E-state index in [2.05, 4.69) is 10.3 Å². The van der Waals surface area contributed by atoms with E-state index in [0.717, 1.165) is 0 Å². The molecule has 19 heavy (non-hydrogen) atoms. The molecule has 100 valence electrons. The fourth-order valence-electron chi connectivity index (χ4n) is 1.63. The van der Waals surface area contributed by atoms with Gasteiger partial charge in [-0.15, -0.1) is 0 Å². The van der Waals surface area contributed by atoms with E-state index in [1.54, 1.807) is 32.0 Å². The smallest absolute Gasteiger partial charge is 0.270 e. The van der Waals surface area contributed by atoms with Gasteiger partial charge in [0.25, 0.3) is 5.69 Å². The molecule has 2 aromatic rings. The summed E-state index contributed by atoms with van der Waals surface area (Å²) in [6, 6.07) is 8.03. The van der Waals surface area contributed by atoms with Crippen LogP contribution in [0.3, 0.4) is 0 Å². The van der Waals surface area contributed by atoms with Gasteiger partial charge in [-0.05, 0) is 32.0 Å². The Bertz CT molecular complexity index is 620. The van der Waals surface area contributed by atoms with E-state index < -0.39 is 10.5 Å². The van der Waals surface area contributed by atoms with Crippen LogP contribution in [0.4, 0.5) is 11.5 Å². The number of hydrogen-bond donors (Lipinski definition) is 2. The standard InChI is InChI=1S/C13H15N3O3/c1-13(2,17)8-14-12-6-3-9-7-10(16(18)19)4-5-11(9)15-12/h3-7,17H,8H2,1-2H3,(H,14,15). The minimum atomic E-state index is -0.827. The minimum absolute atomic E-state index is 0.0477. The van der Waals surface area contributed by atoms with E-state index in [0.29, 0.717) is 23.3 Å². The Morgan fingerprint density at radius 1 is 1.37 bits per heavy atom. The molecule has 2 rings (SSSR count). The molecule has 6 nitrogen and oxygen atoms in total. The van der Waals surface area contributed by atoms with Gasteiger partial charge in [-0.1, -0.05) is 0 Å². The number of rotatable bonds is 4. The molecule has 6 heteroatoms. The number of aromatic nitrogens is 1. The second-order valence-electron chi connectivity index (χ2n) is 5.00. The number of nitro benzene ring substituents is 1. The zero-order valence-electron chi connectivity index (χ0n) is 10.8. The Morgan fingerprint density at radius 3 is 2.74 bits per heavy atom. The molecular weight excluding hydrogens is 246 g/mol. The second kappa shape index (κ2) is 4.81. The lowest BCUT2D eigenvalue weighted by Gasteiger charge is -2.18. The number of aliphatic hydroxyl groups is 1. The van der Waals surface area contributed by atoms with Crippen LogP contribution in [-0.2, 0) is 0 Å². The molecule has 0 fully saturated rings. The van der Waals surface area contributed by atoms with Gasteiger partial charge in [-0.3, -0.25) is 10.1 Å². The number of anilines is 1. The van der Waals surface area contributed by atoms with Crippen molar-refractivity contribution in [2.75, 3.05) is 11.9 Å². The SMILES string of the molecule is CC(C)(O)CNc1ccc2cc([N+](=O)[O-])ccc2n1. The molecule has 0 radical (unpaired) electrons. The van der Waals surface area contributed by atoms with Crippen LogP contribution in [-0.4, -0.2) is 27.2 Å². The first-order valence-corrected chi connectivity index (χ1v) is 5.87. The van der Waals surface area contributed by atoms with Gasteiger partial charge in [0.05, 0.1) is 16.0 Å². The van der Waals surface area contributed by atoms with Gasteiger partial charge in [0.1, 0.15) is 5.82 Å². The molecule has 2 N–H and O–H groups in total. The monoisotopic (exact) mass is 261 g/mol. The van der Waals surface area contributed by atoms with Gasteiger partial charge in [-0.2, -0.15) is 0 Å². The molecule has 0 amide bonds. The van der Waals surface area contributed by atoms with E-state index in [1.807, 2.05) is 0 Å². The van der Waals surface area contributed by atoms with E-state index >= 15 is 0 Å². The van der Waals surface area contributed by atoms with Crippen LogP contribution in [0.5, 0.6) is 0 Å². The molecule has 0 saturated heterocycles. The number of nitrogens with one attached hydrogen (secondary N) is 1. The van der Waals surface area contributed by atoms with Crippen LogP contribution in [0.15, 0.2) is 30.3 Å². The molecule has 1 aromatic carbocycles. The Hall–Kier alpha value is -2.21. The number of non-ortho nitro benzene ring substituents is 1. The third-order valence-electron chi connectivity index (χ3n) is 2.59. The summed E-state index contributed by atoms with van der Waals surface area (Å²) in [7, 11) is 0. The van der Waals surface area contributed by atoms with Gasteiger partial charge in [-0.25, -0.2) is 4.98 Å². The molecule has 1 heterocycles. The summed E-state index contributed by atoms with van der Waals surface area (Å²) < 4.78 is 0. The van der Waals surface area contributed by atoms with Gasteiger partial charge < -0.3 is 10.4 Å². The van der Waals surface area contributed by atoms with Crippen LogP contribution in [0.25, 0.3) is 10.9 Å². The Kier molecular flexibility index (Phi) is 3.35. The van der Waals surface area contributed by atoms with Crippen molar-refractivity contribution in [1.29, 1.82) is 0 Å². The van der Waals surface area contributed by atoms with E-state index in [9.17, 15) is 15.2 Å². The van der Waals surface area contributed by atoms with Crippen LogP contribution < -0.4 is 5.32 Å². The fraction of sp³-hybridized carbons (Fsp3) is 0.308. The van der Waals surface area contributed by atoms with Crippen molar-refractivity contribution in [2.24, 2.45) is 0 Å². The second-order valence-corrected chi connectivity index (χ2v) is 5.00. The van der Waals surface area contributed by atoms with Gasteiger partial charge >= 0.3 is 0 Å². The van der Waals surface area contributed by atoms with Crippen molar-refractivity contribution >= 4 is 22.4 Å². The predicted molar refractivity (Wildman–Crippen MR) is 73.2 cm³/mol. The lowest BCUT2D eigenvalue weighted by atomic mass is 10.1. The summed E-state index contributed by atoms with van der Waals surface area (Å²) in [5, 5.41) is 24.0. The molecule has 0 aliphatic carbocycles. The summed E-state index contributed by atoms with van der Waals surface area (Å²) >= 11 is 0. The fourth-order valence-corrected chi connectivity index (χ4v) is 1.63. The molecule has 0 spiro atoms. The maximum Gasteiger partial charge on any atom is 0.270 e. The summed E-state index contributed by atoms with van der Waals surface area (Å²) in [6.45, 7) is 3.77. The van der Waals surface area contributed by atoms with Gasteiger partial charge in [0, 0.05) is 24.1 Å². The summed E-state index contributed by atoms with van der Waals surface area (Å²) in [5.41, 5.74) is -0.107. The van der Waals surface area contributed by atoms with Crippen molar-refractivity contribution in [3.63, 3.8) is 0 Å². The quantitative estimate of drug-likeness (QED) is 0.651. The van der Waals surface area contributed by atoms with Crippen LogP contribution >= 0.6 is 0 Å². The topological polar surface area (TPSA) is 88.3 Å². The zero-order chi connectivity index (χ0) is 14.0. The summed E-state index contributed by atoms with van der Waals surface area (Å²) in [6.07, 6.45) is 0. The molecule has 0 atom stereocenters. The van der Waals surface area contributed by atoms with Gasteiger partial charge in [0.15, 0.2) is 0 Å². The number of hydrogen-bond acceptors (Lipinski definition) is 5. The third-order valence-corrected chi connectivity index (χ3v) is 2.59. The molecule has 1 aromatic heterocycles. The Morgan fingerprint density at radius 2 is 2.11 bits per heavy atom. The highest BCUT2D eigenvalue weighted by molar-refractivity contribution is 5.82. The highest BCUT2D eigenvalue weighted by atomic mass is 16.6. The summed E-state index contributed by atoms with van der Waals surface area (Å²) in [4.78, 5) is 14.6. The molecular formula is C13H15N3O3. The number of pyridine rings is 1. The predicted octanol–water partition coefficient (Wildman–Crippen LogP) is 2.33. The van der Waals surface area contributed by atoms with Crippen molar-refractivity contribution in [2.45, 2.75) is 19.4 Å². The third kappa shape index (κ3) is 3.38. The first-order chi connectivity index (χ1) is 8.85.